The van der Waals surface area contributed by atoms with Crippen LogP contribution in [-0.4, -0.2) is 28.6 Å². The molecule has 22 heavy (non-hydrogen) atoms. The van der Waals surface area contributed by atoms with E-state index in [0.29, 0.717) is 6.04 Å². The SMILES string of the molecule is C=C1NC([C@@H]2CCCCN2)=Nc2cc(-c3cn[nH]c3C)sc21. The number of hydrogen-bond donors (Lipinski definition) is 3. The molecule has 6 heteroatoms. The number of aryl methyl sites for hydroxylation is 1. The summed E-state index contributed by atoms with van der Waals surface area (Å²) in [5, 5.41) is 14.0. The standard InChI is InChI=1S/C16H19N5S/c1-9-11(8-18-21-9)14-7-13-15(22-14)10(2)19-16(20-13)12-5-3-4-6-17-12/h7-8,12,17H,2-6H2,1H3,(H,18,21)(H,19,20)/t12-/m0/s1. The normalized spacial score (nSPS) is 21.2. The summed E-state index contributed by atoms with van der Waals surface area (Å²) in [5.41, 5.74) is 4.19. The van der Waals surface area contributed by atoms with Gasteiger partial charge in [-0.1, -0.05) is 13.0 Å². The predicted octanol–water partition coefficient (Wildman–Crippen LogP) is 3.19. The minimum Gasteiger partial charge on any atom is -0.342 e. The van der Waals surface area contributed by atoms with Gasteiger partial charge in [0.05, 0.1) is 28.5 Å². The van der Waals surface area contributed by atoms with Crippen LogP contribution in [0, 0.1) is 6.92 Å². The van der Waals surface area contributed by atoms with Crippen molar-refractivity contribution in [3.63, 3.8) is 0 Å². The first kappa shape index (κ1) is 13.7. The van der Waals surface area contributed by atoms with Gasteiger partial charge >= 0.3 is 0 Å². The number of rotatable bonds is 2. The van der Waals surface area contributed by atoms with Crippen molar-refractivity contribution in [2.75, 3.05) is 6.54 Å². The molecule has 0 spiro atoms. The number of aromatic amines is 1. The Morgan fingerprint density at radius 2 is 2.27 bits per heavy atom. The van der Waals surface area contributed by atoms with Crippen molar-refractivity contribution in [3.05, 3.63) is 29.4 Å². The molecule has 3 N–H and O–H groups in total. The number of aromatic nitrogens is 2. The van der Waals surface area contributed by atoms with Crippen LogP contribution in [0.1, 0.15) is 29.8 Å². The van der Waals surface area contributed by atoms with Gasteiger partial charge in [-0.25, -0.2) is 4.99 Å². The van der Waals surface area contributed by atoms with E-state index in [-0.39, 0.29) is 0 Å². The molecule has 5 nitrogen and oxygen atoms in total. The first-order valence-corrected chi connectivity index (χ1v) is 8.46. The predicted molar refractivity (Wildman–Crippen MR) is 91.5 cm³/mol. The lowest BCUT2D eigenvalue weighted by Crippen LogP contribution is -2.46. The molecule has 2 aromatic rings. The second-order valence-electron chi connectivity index (χ2n) is 5.84. The second-order valence-corrected chi connectivity index (χ2v) is 6.89. The molecule has 0 aromatic carbocycles. The molecule has 0 aliphatic carbocycles. The van der Waals surface area contributed by atoms with Crippen LogP contribution in [-0.2, 0) is 0 Å². The van der Waals surface area contributed by atoms with Gasteiger partial charge in [0.1, 0.15) is 5.84 Å². The molecule has 0 bridgehead atoms. The maximum absolute atomic E-state index is 4.84. The van der Waals surface area contributed by atoms with E-state index in [1.165, 1.54) is 17.7 Å². The van der Waals surface area contributed by atoms with Crippen LogP contribution in [0.3, 0.4) is 0 Å². The highest BCUT2D eigenvalue weighted by Gasteiger charge is 2.25. The molecule has 4 heterocycles. The van der Waals surface area contributed by atoms with E-state index in [9.17, 15) is 0 Å². The summed E-state index contributed by atoms with van der Waals surface area (Å²) in [6.07, 6.45) is 5.50. The molecule has 2 aromatic heterocycles. The van der Waals surface area contributed by atoms with Gasteiger partial charge in [-0.3, -0.25) is 5.10 Å². The number of aliphatic imine (C=N–C) groups is 1. The molecule has 114 valence electrons. The van der Waals surface area contributed by atoms with Crippen molar-refractivity contribution in [3.8, 4) is 10.4 Å². The zero-order chi connectivity index (χ0) is 15.1. The third kappa shape index (κ3) is 2.28. The van der Waals surface area contributed by atoms with Crippen LogP contribution in [0.4, 0.5) is 5.69 Å². The number of fused-ring (bicyclic) bond motifs is 1. The summed E-state index contributed by atoms with van der Waals surface area (Å²) >= 11 is 1.71. The lowest BCUT2D eigenvalue weighted by atomic mass is 10.0. The Labute approximate surface area is 133 Å². The number of hydrogen-bond acceptors (Lipinski definition) is 5. The van der Waals surface area contributed by atoms with Gasteiger partial charge < -0.3 is 10.6 Å². The van der Waals surface area contributed by atoms with Gasteiger partial charge in [0.2, 0.25) is 0 Å². The van der Waals surface area contributed by atoms with E-state index in [2.05, 4.69) is 33.5 Å². The Balaban J connectivity index is 1.71. The molecule has 2 aliphatic rings. The van der Waals surface area contributed by atoms with Crippen molar-refractivity contribution in [1.29, 1.82) is 0 Å². The average molecular weight is 313 g/mol. The molecule has 1 saturated heterocycles. The second kappa shape index (κ2) is 5.37. The number of H-pyrrole nitrogens is 1. The maximum atomic E-state index is 4.84. The molecule has 0 saturated carbocycles. The zero-order valence-corrected chi connectivity index (χ0v) is 13.4. The minimum absolute atomic E-state index is 0.317. The summed E-state index contributed by atoms with van der Waals surface area (Å²) in [7, 11) is 0. The van der Waals surface area contributed by atoms with Crippen molar-refractivity contribution < 1.29 is 0 Å². The average Bonchev–Trinajstić information content (AvgIpc) is 3.14. The van der Waals surface area contributed by atoms with Crippen molar-refractivity contribution in [2.45, 2.75) is 32.2 Å². The summed E-state index contributed by atoms with van der Waals surface area (Å²) in [5.74, 6) is 1.01. The minimum atomic E-state index is 0.317. The molecule has 1 atom stereocenters. The van der Waals surface area contributed by atoms with E-state index in [4.69, 9.17) is 4.99 Å². The molecule has 0 radical (unpaired) electrons. The Morgan fingerprint density at radius 3 is 3.00 bits per heavy atom. The van der Waals surface area contributed by atoms with Gasteiger partial charge in [0.15, 0.2) is 0 Å². The summed E-state index contributed by atoms with van der Waals surface area (Å²) < 4.78 is 0. The first-order chi connectivity index (χ1) is 10.7. The van der Waals surface area contributed by atoms with Crippen LogP contribution in [0.5, 0.6) is 0 Å². The fourth-order valence-corrected chi connectivity index (χ4v) is 4.12. The fourth-order valence-electron chi connectivity index (χ4n) is 3.03. The Kier molecular flexibility index (Phi) is 3.35. The van der Waals surface area contributed by atoms with Gasteiger partial charge in [0.25, 0.3) is 0 Å². The number of thiophene rings is 1. The summed E-state index contributed by atoms with van der Waals surface area (Å²) in [6.45, 7) is 7.28. The van der Waals surface area contributed by atoms with Crippen LogP contribution in [0.2, 0.25) is 0 Å². The van der Waals surface area contributed by atoms with Gasteiger partial charge in [-0.2, -0.15) is 5.10 Å². The number of nitrogens with zero attached hydrogens (tertiary/aromatic N) is 2. The highest BCUT2D eigenvalue weighted by molar-refractivity contribution is 7.17. The summed E-state index contributed by atoms with van der Waals surface area (Å²) in [6, 6.07) is 2.46. The number of piperidine rings is 1. The van der Waals surface area contributed by atoms with Gasteiger partial charge in [-0.05, 0) is 32.4 Å². The maximum Gasteiger partial charge on any atom is 0.124 e. The van der Waals surface area contributed by atoms with E-state index < -0.39 is 0 Å². The third-order valence-electron chi connectivity index (χ3n) is 4.24. The van der Waals surface area contributed by atoms with E-state index in [0.717, 1.165) is 46.3 Å². The fraction of sp³-hybridized carbons (Fsp3) is 0.375. The van der Waals surface area contributed by atoms with Crippen LogP contribution >= 0.6 is 11.3 Å². The van der Waals surface area contributed by atoms with Crippen molar-refractivity contribution >= 4 is 28.6 Å². The molecule has 0 amide bonds. The van der Waals surface area contributed by atoms with Crippen molar-refractivity contribution in [2.24, 2.45) is 4.99 Å². The summed E-state index contributed by atoms with van der Waals surface area (Å²) in [4.78, 5) is 7.14. The molecule has 4 rings (SSSR count). The van der Waals surface area contributed by atoms with E-state index >= 15 is 0 Å². The molecule has 1 fully saturated rings. The molecule has 2 aliphatic heterocycles. The molecular formula is C16H19N5S. The Bertz CT molecular complexity index is 748. The highest BCUT2D eigenvalue weighted by Crippen LogP contribution is 2.41. The lowest BCUT2D eigenvalue weighted by Gasteiger charge is -2.28. The monoisotopic (exact) mass is 313 g/mol. The number of amidine groups is 1. The molecule has 0 unspecified atom stereocenters. The largest absolute Gasteiger partial charge is 0.342 e. The highest BCUT2D eigenvalue weighted by atomic mass is 32.1. The van der Waals surface area contributed by atoms with Gasteiger partial charge in [0, 0.05) is 16.1 Å². The van der Waals surface area contributed by atoms with Crippen molar-refractivity contribution in [1.82, 2.24) is 20.8 Å². The van der Waals surface area contributed by atoms with Crippen LogP contribution < -0.4 is 10.6 Å². The Hall–Kier alpha value is -1.92. The third-order valence-corrected chi connectivity index (χ3v) is 5.46. The van der Waals surface area contributed by atoms with Crippen LogP contribution in [0.25, 0.3) is 16.1 Å². The topological polar surface area (TPSA) is 65.1 Å². The zero-order valence-electron chi connectivity index (χ0n) is 12.6. The smallest absolute Gasteiger partial charge is 0.124 e. The van der Waals surface area contributed by atoms with Crippen LogP contribution in [0.15, 0.2) is 23.8 Å². The van der Waals surface area contributed by atoms with E-state index in [1.807, 2.05) is 13.1 Å². The number of nitrogens with one attached hydrogen (secondary N) is 3. The van der Waals surface area contributed by atoms with Gasteiger partial charge in [-0.15, -0.1) is 11.3 Å². The Morgan fingerprint density at radius 1 is 1.36 bits per heavy atom. The first-order valence-electron chi connectivity index (χ1n) is 7.65. The molecular weight excluding hydrogens is 294 g/mol. The van der Waals surface area contributed by atoms with E-state index in [1.54, 1.807) is 11.3 Å². The lowest BCUT2D eigenvalue weighted by molar-refractivity contribution is 0.467. The quantitative estimate of drug-likeness (QED) is 0.798.